The lowest BCUT2D eigenvalue weighted by Crippen LogP contribution is -2.11. The first-order valence-corrected chi connectivity index (χ1v) is 6.04. The molecule has 4 nitrogen and oxygen atoms in total. The quantitative estimate of drug-likeness (QED) is 0.822. The molecule has 0 aliphatic rings. The third-order valence-corrected chi connectivity index (χ3v) is 3.26. The molecule has 0 unspecified atom stereocenters. The molecule has 6 heteroatoms. The van der Waals surface area contributed by atoms with Gasteiger partial charge in [0.05, 0.1) is 22.6 Å². The number of aryl methyl sites for hydroxylation is 1. The summed E-state index contributed by atoms with van der Waals surface area (Å²) < 4.78 is 0. The van der Waals surface area contributed by atoms with Crippen molar-refractivity contribution in [3.63, 3.8) is 0 Å². The maximum absolute atomic E-state index is 11.9. The smallest absolute Gasteiger partial charge is 0.267 e. The first-order chi connectivity index (χ1) is 8.06. The Morgan fingerprint density at radius 2 is 2.29 bits per heavy atom. The largest absolute Gasteiger partial charge is 0.397 e. The Morgan fingerprint density at radius 3 is 2.94 bits per heavy atom. The van der Waals surface area contributed by atoms with Crippen LogP contribution in [0.2, 0.25) is 5.02 Å². The van der Waals surface area contributed by atoms with E-state index in [2.05, 4.69) is 10.3 Å². The normalized spacial score (nSPS) is 10.2. The van der Waals surface area contributed by atoms with Crippen LogP contribution >= 0.6 is 22.9 Å². The summed E-state index contributed by atoms with van der Waals surface area (Å²) in [4.78, 5) is 16.4. The second kappa shape index (κ2) is 4.73. The van der Waals surface area contributed by atoms with E-state index in [0.29, 0.717) is 21.3 Å². The number of nitrogens with zero attached hydrogens (tertiary/aromatic N) is 1. The number of hydrogen-bond donors (Lipinski definition) is 2. The third-order valence-electron chi connectivity index (χ3n) is 2.11. The van der Waals surface area contributed by atoms with Gasteiger partial charge in [0.25, 0.3) is 5.91 Å². The number of benzene rings is 1. The van der Waals surface area contributed by atoms with Crippen molar-refractivity contribution in [2.45, 2.75) is 6.92 Å². The summed E-state index contributed by atoms with van der Waals surface area (Å²) in [6, 6.07) is 4.93. The highest BCUT2D eigenvalue weighted by Gasteiger charge is 2.11. The molecule has 0 saturated carbocycles. The molecule has 17 heavy (non-hydrogen) atoms. The maximum Gasteiger partial charge on any atom is 0.267 e. The summed E-state index contributed by atoms with van der Waals surface area (Å²) in [7, 11) is 0. The second-order valence-corrected chi connectivity index (χ2v) is 5.10. The molecule has 2 rings (SSSR count). The molecule has 0 fully saturated rings. The van der Waals surface area contributed by atoms with Crippen LogP contribution in [-0.2, 0) is 0 Å². The molecule has 0 spiro atoms. The highest BCUT2D eigenvalue weighted by Crippen LogP contribution is 2.24. The molecule has 0 radical (unpaired) electrons. The topological polar surface area (TPSA) is 68.0 Å². The van der Waals surface area contributed by atoms with Gasteiger partial charge in [0.15, 0.2) is 0 Å². The van der Waals surface area contributed by atoms with Crippen LogP contribution in [0.25, 0.3) is 0 Å². The molecule has 1 amide bonds. The molecule has 0 aliphatic heterocycles. The Morgan fingerprint density at radius 1 is 1.53 bits per heavy atom. The molecule has 0 saturated heterocycles. The average Bonchev–Trinajstić information content (AvgIpc) is 2.70. The van der Waals surface area contributed by atoms with Gasteiger partial charge in [0.2, 0.25) is 0 Å². The average molecular weight is 268 g/mol. The number of carbonyl (C=O) groups is 1. The third kappa shape index (κ3) is 2.75. The highest BCUT2D eigenvalue weighted by atomic mass is 35.5. The van der Waals surface area contributed by atoms with Crippen LogP contribution in [0.1, 0.15) is 14.7 Å². The fraction of sp³-hybridized carbons (Fsp3) is 0.0909. The Kier molecular flexibility index (Phi) is 3.31. The van der Waals surface area contributed by atoms with Gasteiger partial charge in [-0.2, -0.15) is 0 Å². The van der Waals surface area contributed by atoms with Crippen LogP contribution < -0.4 is 11.1 Å². The van der Waals surface area contributed by atoms with Crippen LogP contribution in [0, 0.1) is 6.92 Å². The first kappa shape index (κ1) is 11.9. The van der Waals surface area contributed by atoms with Gasteiger partial charge in [-0.05, 0) is 25.1 Å². The van der Waals surface area contributed by atoms with Crippen molar-refractivity contribution >= 4 is 40.2 Å². The zero-order chi connectivity index (χ0) is 12.4. The standard InChI is InChI=1S/C11H10ClN3OS/c1-6-14-5-10(17-6)11(16)15-9-4-7(12)2-3-8(9)13/h2-5H,13H2,1H3,(H,15,16). The van der Waals surface area contributed by atoms with Crippen molar-refractivity contribution < 1.29 is 4.79 Å². The van der Waals surface area contributed by atoms with Crippen LogP contribution in [0.15, 0.2) is 24.4 Å². The van der Waals surface area contributed by atoms with Crippen molar-refractivity contribution in [1.29, 1.82) is 0 Å². The molecule has 0 bridgehead atoms. The molecule has 2 aromatic rings. The summed E-state index contributed by atoms with van der Waals surface area (Å²) in [6.07, 6.45) is 1.54. The van der Waals surface area contributed by atoms with Crippen LogP contribution in [0.4, 0.5) is 11.4 Å². The van der Waals surface area contributed by atoms with Gasteiger partial charge in [-0.1, -0.05) is 11.6 Å². The minimum absolute atomic E-state index is 0.232. The number of anilines is 2. The molecule has 1 aromatic heterocycles. The number of aromatic nitrogens is 1. The number of rotatable bonds is 2. The zero-order valence-corrected chi connectivity index (χ0v) is 10.6. The number of halogens is 1. The Hall–Kier alpha value is -1.59. The Balaban J connectivity index is 2.21. The van der Waals surface area contributed by atoms with E-state index in [1.54, 1.807) is 18.2 Å². The maximum atomic E-state index is 11.9. The molecule has 1 aromatic carbocycles. The number of nitrogens with two attached hydrogens (primary N) is 1. The SMILES string of the molecule is Cc1ncc(C(=O)Nc2cc(Cl)ccc2N)s1. The van der Waals surface area contributed by atoms with Crippen LogP contribution in [-0.4, -0.2) is 10.9 Å². The van der Waals surface area contributed by atoms with E-state index in [4.69, 9.17) is 17.3 Å². The monoisotopic (exact) mass is 267 g/mol. The van der Waals surface area contributed by atoms with Crippen molar-refractivity contribution in [3.8, 4) is 0 Å². The summed E-state index contributed by atoms with van der Waals surface area (Å²) in [6.45, 7) is 1.84. The zero-order valence-electron chi connectivity index (χ0n) is 9.03. The molecule has 88 valence electrons. The van der Waals surface area contributed by atoms with Gasteiger partial charge in [0.1, 0.15) is 4.88 Å². The predicted octanol–water partition coefficient (Wildman–Crippen LogP) is 2.94. The summed E-state index contributed by atoms with van der Waals surface area (Å²) in [5.74, 6) is -0.232. The Labute approximate surface area is 107 Å². The minimum Gasteiger partial charge on any atom is -0.397 e. The van der Waals surface area contributed by atoms with E-state index in [1.165, 1.54) is 17.5 Å². The van der Waals surface area contributed by atoms with Gasteiger partial charge in [-0.3, -0.25) is 4.79 Å². The lowest BCUT2D eigenvalue weighted by Gasteiger charge is -2.06. The fourth-order valence-electron chi connectivity index (χ4n) is 1.29. The molecule has 0 atom stereocenters. The minimum atomic E-state index is -0.232. The van der Waals surface area contributed by atoms with Crippen molar-refractivity contribution in [1.82, 2.24) is 4.98 Å². The van der Waals surface area contributed by atoms with Gasteiger partial charge in [0, 0.05) is 5.02 Å². The van der Waals surface area contributed by atoms with Gasteiger partial charge in [-0.15, -0.1) is 11.3 Å². The Bertz CT molecular complexity index is 568. The number of amides is 1. The number of hydrogen-bond acceptors (Lipinski definition) is 4. The summed E-state index contributed by atoms with van der Waals surface area (Å²) in [5, 5.41) is 4.07. The molecular weight excluding hydrogens is 258 g/mol. The first-order valence-electron chi connectivity index (χ1n) is 4.85. The van der Waals surface area contributed by atoms with Gasteiger partial charge >= 0.3 is 0 Å². The number of carbonyl (C=O) groups excluding carboxylic acids is 1. The van der Waals surface area contributed by atoms with Crippen LogP contribution in [0.3, 0.4) is 0 Å². The van der Waals surface area contributed by atoms with E-state index >= 15 is 0 Å². The van der Waals surface area contributed by atoms with E-state index < -0.39 is 0 Å². The number of thiazole rings is 1. The summed E-state index contributed by atoms with van der Waals surface area (Å²) in [5.41, 5.74) is 6.72. The molecular formula is C11H10ClN3OS. The number of nitrogens with one attached hydrogen (secondary N) is 1. The van der Waals surface area contributed by atoms with E-state index in [0.717, 1.165) is 5.01 Å². The van der Waals surface area contributed by atoms with Crippen molar-refractivity contribution in [2.24, 2.45) is 0 Å². The fourth-order valence-corrected chi connectivity index (χ4v) is 2.13. The van der Waals surface area contributed by atoms with E-state index in [1.807, 2.05) is 6.92 Å². The van der Waals surface area contributed by atoms with Crippen molar-refractivity contribution in [2.75, 3.05) is 11.1 Å². The van der Waals surface area contributed by atoms with E-state index in [-0.39, 0.29) is 5.91 Å². The lowest BCUT2D eigenvalue weighted by atomic mass is 10.2. The lowest BCUT2D eigenvalue weighted by molar-refractivity contribution is 0.103. The summed E-state index contributed by atoms with van der Waals surface area (Å²) >= 11 is 7.16. The second-order valence-electron chi connectivity index (χ2n) is 3.43. The van der Waals surface area contributed by atoms with Gasteiger partial charge < -0.3 is 11.1 Å². The van der Waals surface area contributed by atoms with Crippen molar-refractivity contribution in [3.05, 3.63) is 39.3 Å². The predicted molar refractivity (Wildman–Crippen MR) is 70.7 cm³/mol. The van der Waals surface area contributed by atoms with E-state index in [9.17, 15) is 4.79 Å². The highest BCUT2D eigenvalue weighted by molar-refractivity contribution is 7.13. The number of nitrogen functional groups attached to an aromatic ring is 1. The van der Waals surface area contributed by atoms with Crippen LogP contribution in [0.5, 0.6) is 0 Å². The molecule has 1 heterocycles. The molecule has 0 aliphatic carbocycles. The molecule has 3 N–H and O–H groups in total. The van der Waals surface area contributed by atoms with Gasteiger partial charge in [-0.25, -0.2) is 4.98 Å².